The van der Waals surface area contributed by atoms with Gasteiger partial charge in [0.2, 0.25) is 5.91 Å². The van der Waals surface area contributed by atoms with E-state index in [2.05, 4.69) is 45.1 Å². The second-order valence-corrected chi connectivity index (χ2v) is 6.84. The molecule has 3 heteroatoms. The molecule has 0 fully saturated rings. The molecule has 0 aliphatic carbocycles. The molecule has 0 spiro atoms. The topological polar surface area (TPSA) is 55.1 Å². The summed E-state index contributed by atoms with van der Waals surface area (Å²) in [6.45, 7) is 10.9. The number of hydrogen-bond donors (Lipinski definition) is 2. The average molecular weight is 276 g/mol. The van der Waals surface area contributed by atoms with E-state index in [1.807, 2.05) is 19.1 Å². The Bertz CT molecular complexity index is 449. The lowest BCUT2D eigenvalue weighted by Gasteiger charge is -2.26. The standard InChI is InChI=1S/C17H28N2O/c1-12-7-6-8-14(9-12)13(2)19-16(20)15(11-18)10-17(3,4)5/h6-9,13,15H,10-11,18H2,1-5H3,(H,19,20)/t13-,15?/m1/s1. The van der Waals surface area contributed by atoms with Gasteiger partial charge in [0.05, 0.1) is 12.0 Å². The third kappa shape index (κ3) is 5.33. The summed E-state index contributed by atoms with van der Waals surface area (Å²) in [6.07, 6.45) is 0.801. The van der Waals surface area contributed by atoms with Gasteiger partial charge in [-0.1, -0.05) is 50.6 Å². The van der Waals surface area contributed by atoms with Crippen molar-refractivity contribution in [2.75, 3.05) is 6.54 Å². The van der Waals surface area contributed by atoms with Gasteiger partial charge in [-0.05, 0) is 31.2 Å². The number of carbonyl (C=O) groups is 1. The van der Waals surface area contributed by atoms with Gasteiger partial charge in [0.15, 0.2) is 0 Å². The largest absolute Gasteiger partial charge is 0.349 e. The lowest BCUT2D eigenvalue weighted by atomic mass is 9.84. The minimum absolute atomic E-state index is 0.0106. The monoisotopic (exact) mass is 276 g/mol. The maximum atomic E-state index is 12.3. The SMILES string of the molecule is Cc1cccc([C@@H](C)NC(=O)C(CN)CC(C)(C)C)c1. The van der Waals surface area contributed by atoms with E-state index in [4.69, 9.17) is 5.73 Å². The number of hydrogen-bond acceptors (Lipinski definition) is 2. The zero-order chi connectivity index (χ0) is 15.3. The van der Waals surface area contributed by atoms with Gasteiger partial charge in [-0.15, -0.1) is 0 Å². The molecule has 0 aliphatic rings. The molecule has 0 bridgehead atoms. The third-order valence-corrected chi connectivity index (χ3v) is 3.41. The molecule has 1 aromatic rings. The van der Waals surface area contributed by atoms with E-state index in [0.29, 0.717) is 6.54 Å². The van der Waals surface area contributed by atoms with Gasteiger partial charge >= 0.3 is 0 Å². The number of amides is 1. The van der Waals surface area contributed by atoms with Gasteiger partial charge in [0.1, 0.15) is 0 Å². The Labute approximate surface area is 122 Å². The van der Waals surface area contributed by atoms with Gasteiger partial charge in [0.25, 0.3) is 0 Å². The smallest absolute Gasteiger partial charge is 0.224 e. The average Bonchev–Trinajstić information content (AvgIpc) is 2.34. The highest BCUT2D eigenvalue weighted by Gasteiger charge is 2.24. The number of rotatable bonds is 5. The van der Waals surface area contributed by atoms with E-state index in [9.17, 15) is 4.79 Å². The zero-order valence-corrected chi connectivity index (χ0v) is 13.4. The Kier molecular flexibility index (Phi) is 5.75. The number of nitrogens with one attached hydrogen (secondary N) is 1. The van der Waals surface area contributed by atoms with Crippen LogP contribution in [0.5, 0.6) is 0 Å². The van der Waals surface area contributed by atoms with Crippen molar-refractivity contribution in [3.8, 4) is 0 Å². The molecule has 0 radical (unpaired) electrons. The van der Waals surface area contributed by atoms with E-state index >= 15 is 0 Å². The van der Waals surface area contributed by atoms with Crippen LogP contribution in [0.4, 0.5) is 0 Å². The molecule has 1 aromatic carbocycles. The molecule has 3 nitrogen and oxygen atoms in total. The first-order valence-corrected chi connectivity index (χ1v) is 7.30. The van der Waals surface area contributed by atoms with Crippen molar-refractivity contribution >= 4 is 5.91 Å². The van der Waals surface area contributed by atoms with Crippen LogP contribution < -0.4 is 11.1 Å². The van der Waals surface area contributed by atoms with Crippen LogP contribution >= 0.6 is 0 Å². The lowest BCUT2D eigenvalue weighted by molar-refractivity contribution is -0.126. The summed E-state index contributed by atoms with van der Waals surface area (Å²) in [5.74, 6) is -0.0707. The van der Waals surface area contributed by atoms with Gasteiger partial charge < -0.3 is 11.1 Å². The number of carbonyl (C=O) groups excluding carboxylic acids is 1. The van der Waals surface area contributed by atoms with E-state index in [1.54, 1.807) is 0 Å². The fourth-order valence-electron chi connectivity index (χ4n) is 2.38. The highest BCUT2D eigenvalue weighted by atomic mass is 16.1. The predicted molar refractivity (Wildman–Crippen MR) is 84.4 cm³/mol. The van der Waals surface area contributed by atoms with E-state index in [0.717, 1.165) is 12.0 Å². The molecule has 0 saturated heterocycles. The summed E-state index contributed by atoms with van der Waals surface area (Å²) >= 11 is 0. The van der Waals surface area contributed by atoms with Crippen molar-refractivity contribution in [1.29, 1.82) is 0 Å². The Balaban J connectivity index is 2.68. The summed E-state index contributed by atoms with van der Waals surface area (Å²) in [5, 5.41) is 3.08. The van der Waals surface area contributed by atoms with E-state index in [1.165, 1.54) is 5.56 Å². The summed E-state index contributed by atoms with van der Waals surface area (Å²) in [5.41, 5.74) is 8.20. The highest BCUT2D eigenvalue weighted by molar-refractivity contribution is 5.79. The molecule has 1 unspecified atom stereocenters. The van der Waals surface area contributed by atoms with Crippen molar-refractivity contribution in [2.45, 2.75) is 47.1 Å². The normalized spacial score (nSPS) is 14.7. The summed E-state index contributed by atoms with van der Waals surface area (Å²) in [7, 11) is 0. The van der Waals surface area contributed by atoms with Crippen molar-refractivity contribution in [3.05, 3.63) is 35.4 Å². The van der Waals surface area contributed by atoms with Gasteiger partial charge in [0, 0.05) is 6.54 Å². The Morgan fingerprint density at radius 2 is 2.00 bits per heavy atom. The maximum Gasteiger partial charge on any atom is 0.224 e. The first kappa shape index (κ1) is 16.7. The van der Waals surface area contributed by atoms with E-state index in [-0.39, 0.29) is 23.3 Å². The molecule has 0 aromatic heterocycles. The van der Waals surface area contributed by atoms with Crippen molar-refractivity contribution < 1.29 is 4.79 Å². The van der Waals surface area contributed by atoms with Crippen LogP contribution in [0.3, 0.4) is 0 Å². The van der Waals surface area contributed by atoms with Crippen LogP contribution in [-0.2, 0) is 4.79 Å². The molecule has 1 rings (SSSR count). The summed E-state index contributed by atoms with van der Waals surface area (Å²) < 4.78 is 0. The minimum Gasteiger partial charge on any atom is -0.349 e. The van der Waals surface area contributed by atoms with Gasteiger partial charge in [-0.2, -0.15) is 0 Å². The van der Waals surface area contributed by atoms with Crippen molar-refractivity contribution in [2.24, 2.45) is 17.1 Å². The number of aryl methyl sites for hydroxylation is 1. The minimum atomic E-state index is -0.123. The molecule has 3 N–H and O–H groups in total. The number of nitrogens with two attached hydrogens (primary N) is 1. The third-order valence-electron chi connectivity index (χ3n) is 3.41. The fraction of sp³-hybridized carbons (Fsp3) is 0.588. The highest BCUT2D eigenvalue weighted by Crippen LogP contribution is 2.24. The molecule has 1 amide bonds. The molecule has 2 atom stereocenters. The number of benzene rings is 1. The molecule has 0 heterocycles. The van der Waals surface area contributed by atoms with Gasteiger partial charge in [-0.25, -0.2) is 0 Å². The van der Waals surface area contributed by atoms with E-state index < -0.39 is 0 Å². The quantitative estimate of drug-likeness (QED) is 0.868. The zero-order valence-electron chi connectivity index (χ0n) is 13.4. The Hall–Kier alpha value is -1.35. The van der Waals surface area contributed by atoms with Crippen LogP contribution in [0.15, 0.2) is 24.3 Å². The van der Waals surface area contributed by atoms with Crippen LogP contribution in [-0.4, -0.2) is 12.5 Å². The molecule has 112 valence electrons. The second kappa shape index (κ2) is 6.89. The van der Waals surface area contributed by atoms with Crippen molar-refractivity contribution in [3.63, 3.8) is 0 Å². The lowest BCUT2D eigenvalue weighted by Crippen LogP contribution is -2.38. The second-order valence-electron chi connectivity index (χ2n) is 6.84. The Morgan fingerprint density at radius 1 is 1.35 bits per heavy atom. The van der Waals surface area contributed by atoms with Gasteiger partial charge in [-0.3, -0.25) is 4.79 Å². The molecular formula is C17H28N2O. The van der Waals surface area contributed by atoms with Crippen LogP contribution in [0, 0.1) is 18.3 Å². The van der Waals surface area contributed by atoms with Crippen LogP contribution in [0.25, 0.3) is 0 Å². The fourth-order valence-corrected chi connectivity index (χ4v) is 2.38. The van der Waals surface area contributed by atoms with Crippen molar-refractivity contribution in [1.82, 2.24) is 5.32 Å². The van der Waals surface area contributed by atoms with Crippen LogP contribution in [0.1, 0.15) is 51.3 Å². The molecule has 0 aliphatic heterocycles. The molecular weight excluding hydrogens is 248 g/mol. The maximum absolute atomic E-state index is 12.3. The summed E-state index contributed by atoms with van der Waals surface area (Å²) in [6, 6.07) is 8.23. The first-order chi connectivity index (χ1) is 9.23. The Morgan fingerprint density at radius 3 is 2.50 bits per heavy atom. The first-order valence-electron chi connectivity index (χ1n) is 7.30. The summed E-state index contributed by atoms with van der Waals surface area (Å²) in [4.78, 5) is 12.3. The molecule has 20 heavy (non-hydrogen) atoms. The van der Waals surface area contributed by atoms with Crippen LogP contribution in [0.2, 0.25) is 0 Å². The molecule has 0 saturated carbocycles. The predicted octanol–water partition coefficient (Wildman–Crippen LogP) is 3.18.